The van der Waals surface area contributed by atoms with Crippen molar-refractivity contribution >= 4 is 11.3 Å². The van der Waals surface area contributed by atoms with Crippen LogP contribution in [-0.4, -0.2) is 23.2 Å². The van der Waals surface area contributed by atoms with Crippen LogP contribution in [0.2, 0.25) is 0 Å². The van der Waals surface area contributed by atoms with Crippen molar-refractivity contribution in [2.45, 2.75) is 33.2 Å². The van der Waals surface area contributed by atoms with Gasteiger partial charge in [-0.15, -0.1) is 11.3 Å². The van der Waals surface area contributed by atoms with Gasteiger partial charge < -0.3 is 10.4 Å². The molecule has 0 amide bonds. The Labute approximate surface area is 102 Å². The first kappa shape index (κ1) is 13.6. The average Bonchev–Trinajstić information content (AvgIpc) is 2.70. The van der Waals surface area contributed by atoms with Crippen molar-refractivity contribution in [1.82, 2.24) is 10.3 Å². The van der Waals surface area contributed by atoms with E-state index >= 15 is 0 Å². The molecule has 0 aromatic carbocycles. The predicted molar refractivity (Wildman–Crippen MR) is 68.5 cm³/mol. The molecule has 1 unspecified atom stereocenters. The maximum absolute atomic E-state index is 9.00. The predicted octanol–water partition coefficient (Wildman–Crippen LogP) is 2.28. The molecule has 1 aromatic heterocycles. The molecule has 1 rings (SSSR count). The minimum Gasteiger partial charge on any atom is -0.396 e. The van der Waals surface area contributed by atoms with E-state index in [1.165, 1.54) is 11.3 Å². The van der Waals surface area contributed by atoms with E-state index in [1.54, 1.807) is 11.3 Å². The highest BCUT2D eigenvalue weighted by Crippen LogP contribution is 2.14. The van der Waals surface area contributed by atoms with Crippen LogP contribution >= 0.6 is 11.3 Å². The van der Waals surface area contributed by atoms with Crippen molar-refractivity contribution in [2.75, 3.05) is 13.2 Å². The van der Waals surface area contributed by atoms with Crippen molar-refractivity contribution in [3.63, 3.8) is 0 Å². The molecular formula is C12H22N2OS. The fraction of sp³-hybridized carbons (Fsp3) is 0.750. The lowest BCUT2D eigenvalue weighted by atomic mass is 9.94. The Morgan fingerprint density at radius 2 is 2.31 bits per heavy atom. The van der Waals surface area contributed by atoms with Crippen LogP contribution in [0.3, 0.4) is 0 Å². The SMILES string of the molecule is CC(C)CC(CCO)CNCc1cncs1. The summed E-state index contributed by atoms with van der Waals surface area (Å²) >= 11 is 1.68. The summed E-state index contributed by atoms with van der Waals surface area (Å²) in [6.07, 6.45) is 3.98. The van der Waals surface area contributed by atoms with Gasteiger partial charge in [0.05, 0.1) is 5.51 Å². The Hall–Kier alpha value is -0.450. The van der Waals surface area contributed by atoms with Gasteiger partial charge in [0.2, 0.25) is 0 Å². The number of nitrogens with zero attached hydrogens (tertiary/aromatic N) is 1. The van der Waals surface area contributed by atoms with E-state index in [2.05, 4.69) is 24.1 Å². The summed E-state index contributed by atoms with van der Waals surface area (Å²) in [6, 6.07) is 0. The average molecular weight is 242 g/mol. The third-order valence-corrected chi connectivity index (χ3v) is 3.34. The van der Waals surface area contributed by atoms with Crippen molar-refractivity contribution in [3.05, 3.63) is 16.6 Å². The van der Waals surface area contributed by atoms with E-state index < -0.39 is 0 Å². The minimum absolute atomic E-state index is 0.291. The second kappa shape index (κ2) is 7.76. The first-order valence-corrected chi connectivity index (χ1v) is 6.79. The van der Waals surface area contributed by atoms with Gasteiger partial charge >= 0.3 is 0 Å². The van der Waals surface area contributed by atoms with Crippen LogP contribution < -0.4 is 5.32 Å². The van der Waals surface area contributed by atoms with E-state index in [1.807, 2.05) is 11.7 Å². The monoisotopic (exact) mass is 242 g/mol. The first-order valence-electron chi connectivity index (χ1n) is 5.91. The highest BCUT2D eigenvalue weighted by atomic mass is 32.1. The summed E-state index contributed by atoms with van der Waals surface area (Å²) in [5, 5.41) is 12.4. The largest absolute Gasteiger partial charge is 0.396 e. The number of aliphatic hydroxyl groups excluding tert-OH is 1. The lowest BCUT2D eigenvalue weighted by Crippen LogP contribution is -2.24. The van der Waals surface area contributed by atoms with Crippen LogP contribution in [0.1, 0.15) is 31.6 Å². The smallest absolute Gasteiger partial charge is 0.0794 e. The van der Waals surface area contributed by atoms with E-state index in [-0.39, 0.29) is 0 Å². The number of aliphatic hydroxyl groups is 1. The second-order valence-corrected chi connectivity index (χ2v) is 5.58. The van der Waals surface area contributed by atoms with Gasteiger partial charge in [-0.05, 0) is 31.2 Å². The molecule has 4 heteroatoms. The van der Waals surface area contributed by atoms with Gasteiger partial charge in [0.1, 0.15) is 0 Å². The number of rotatable bonds is 8. The number of hydrogen-bond acceptors (Lipinski definition) is 4. The van der Waals surface area contributed by atoms with Crippen LogP contribution in [-0.2, 0) is 6.54 Å². The van der Waals surface area contributed by atoms with Gasteiger partial charge in [-0.3, -0.25) is 4.98 Å². The third kappa shape index (κ3) is 5.58. The zero-order valence-corrected chi connectivity index (χ0v) is 11.0. The molecule has 0 radical (unpaired) electrons. The van der Waals surface area contributed by atoms with Crippen LogP contribution in [0, 0.1) is 11.8 Å². The van der Waals surface area contributed by atoms with E-state index in [0.29, 0.717) is 18.4 Å². The molecular weight excluding hydrogens is 220 g/mol. The number of aromatic nitrogens is 1. The first-order chi connectivity index (χ1) is 7.72. The minimum atomic E-state index is 0.291. The molecule has 1 atom stereocenters. The molecule has 0 aliphatic carbocycles. The standard InChI is InChI=1S/C12H22N2OS/c1-10(2)5-11(3-4-15)6-13-7-12-8-14-9-16-12/h8-11,13,15H,3-7H2,1-2H3. The van der Waals surface area contributed by atoms with Gasteiger partial charge in [0.25, 0.3) is 0 Å². The fourth-order valence-electron chi connectivity index (χ4n) is 1.88. The van der Waals surface area contributed by atoms with Gasteiger partial charge in [0.15, 0.2) is 0 Å². The lowest BCUT2D eigenvalue weighted by molar-refractivity contribution is 0.239. The topological polar surface area (TPSA) is 45.1 Å². The number of thiazole rings is 1. The molecule has 0 aliphatic heterocycles. The molecule has 0 aliphatic rings. The van der Waals surface area contributed by atoms with Crippen LogP contribution in [0.15, 0.2) is 11.7 Å². The molecule has 3 nitrogen and oxygen atoms in total. The maximum atomic E-state index is 9.00. The molecule has 16 heavy (non-hydrogen) atoms. The summed E-state index contributed by atoms with van der Waals surface area (Å²) in [5.74, 6) is 1.28. The Balaban J connectivity index is 2.21. The van der Waals surface area contributed by atoms with Crippen LogP contribution in [0.5, 0.6) is 0 Å². The van der Waals surface area contributed by atoms with E-state index in [9.17, 15) is 0 Å². The van der Waals surface area contributed by atoms with Gasteiger partial charge in [-0.2, -0.15) is 0 Å². The lowest BCUT2D eigenvalue weighted by Gasteiger charge is -2.18. The van der Waals surface area contributed by atoms with E-state index in [4.69, 9.17) is 5.11 Å². The maximum Gasteiger partial charge on any atom is 0.0794 e. The molecule has 0 saturated heterocycles. The number of hydrogen-bond donors (Lipinski definition) is 2. The zero-order valence-electron chi connectivity index (χ0n) is 10.1. The Morgan fingerprint density at radius 1 is 1.50 bits per heavy atom. The highest BCUT2D eigenvalue weighted by Gasteiger charge is 2.10. The van der Waals surface area contributed by atoms with Crippen LogP contribution in [0.4, 0.5) is 0 Å². The van der Waals surface area contributed by atoms with Gasteiger partial charge in [-0.25, -0.2) is 0 Å². The van der Waals surface area contributed by atoms with Crippen molar-refractivity contribution in [2.24, 2.45) is 11.8 Å². The van der Waals surface area contributed by atoms with Crippen molar-refractivity contribution in [1.29, 1.82) is 0 Å². The van der Waals surface area contributed by atoms with Crippen LogP contribution in [0.25, 0.3) is 0 Å². The molecule has 1 aromatic rings. The quantitative estimate of drug-likeness (QED) is 0.735. The third-order valence-electron chi connectivity index (χ3n) is 2.56. The highest BCUT2D eigenvalue weighted by molar-refractivity contribution is 7.09. The van der Waals surface area contributed by atoms with Gasteiger partial charge in [0, 0.05) is 24.2 Å². The van der Waals surface area contributed by atoms with Crippen molar-refractivity contribution in [3.8, 4) is 0 Å². The summed E-state index contributed by atoms with van der Waals surface area (Å²) < 4.78 is 0. The Bertz CT molecular complexity index is 262. The fourth-order valence-corrected chi connectivity index (χ4v) is 2.45. The Kier molecular flexibility index (Phi) is 6.61. The zero-order chi connectivity index (χ0) is 11.8. The van der Waals surface area contributed by atoms with E-state index in [0.717, 1.165) is 19.5 Å². The molecule has 92 valence electrons. The molecule has 0 saturated carbocycles. The molecule has 0 spiro atoms. The second-order valence-electron chi connectivity index (χ2n) is 4.61. The van der Waals surface area contributed by atoms with Crippen molar-refractivity contribution < 1.29 is 5.11 Å². The summed E-state index contributed by atoms with van der Waals surface area (Å²) in [7, 11) is 0. The Morgan fingerprint density at radius 3 is 2.88 bits per heavy atom. The summed E-state index contributed by atoms with van der Waals surface area (Å²) in [6.45, 7) is 6.63. The number of nitrogens with one attached hydrogen (secondary N) is 1. The van der Waals surface area contributed by atoms with Gasteiger partial charge in [-0.1, -0.05) is 13.8 Å². The normalized spacial score (nSPS) is 13.2. The summed E-state index contributed by atoms with van der Waals surface area (Å²) in [5.41, 5.74) is 1.86. The molecule has 2 N–H and O–H groups in total. The molecule has 0 bridgehead atoms. The molecule has 0 fully saturated rings. The molecule has 1 heterocycles. The summed E-state index contributed by atoms with van der Waals surface area (Å²) in [4.78, 5) is 5.31.